The third-order valence-corrected chi connectivity index (χ3v) is 14.4. The Hall–Kier alpha value is -3.41. The van der Waals surface area contributed by atoms with Gasteiger partial charge in [-0.3, -0.25) is 14.4 Å². The minimum Gasteiger partial charge on any atom is -0.462 e. The quantitative estimate of drug-likeness (QED) is 0.0261. The molecule has 0 aliphatic rings. The Bertz CT molecular complexity index is 1470. The molecule has 0 aromatic heterocycles. The second-order valence-corrected chi connectivity index (χ2v) is 22.0. The van der Waals surface area contributed by atoms with Gasteiger partial charge in [0.2, 0.25) is 0 Å². The lowest BCUT2D eigenvalue weighted by Crippen LogP contribution is -2.30. The van der Waals surface area contributed by atoms with Gasteiger partial charge in [0.05, 0.1) is 6.42 Å². The van der Waals surface area contributed by atoms with Gasteiger partial charge in [-0.05, 0) is 96.3 Å². The highest BCUT2D eigenvalue weighted by molar-refractivity contribution is 5.72. The van der Waals surface area contributed by atoms with Crippen LogP contribution in [-0.2, 0) is 28.6 Å². The first-order valence-electron chi connectivity index (χ1n) is 33.1. The summed E-state index contributed by atoms with van der Waals surface area (Å²) in [4.78, 5) is 38.3. The van der Waals surface area contributed by atoms with Crippen molar-refractivity contribution < 1.29 is 28.6 Å². The fraction of sp³-hybridized carbons (Fsp3) is 0.761. The second kappa shape index (κ2) is 65.1. The predicted octanol–water partition coefficient (Wildman–Crippen LogP) is 22.7. The van der Waals surface area contributed by atoms with Crippen LogP contribution in [-0.4, -0.2) is 37.2 Å². The maximum Gasteiger partial charge on any atom is 0.309 e. The zero-order chi connectivity index (χ0) is 55.7. The summed E-state index contributed by atoms with van der Waals surface area (Å²) in [6.07, 6.45) is 86.3. The van der Waals surface area contributed by atoms with Gasteiger partial charge in [-0.1, -0.05) is 298 Å². The summed E-state index contributed by atoms with van der Waals surface area (Å²) in [5, 5.41) is 0. The molecule has 444 valence electrons. The van der Waals surface area contributed by atoms with Crippen LogP contribution in [0.5, 0.6) is 0 Å². The van der Waals surface area contributed by atoms with E-state index in [0.717, 1.165) is 70.6 Å². The maximum atomic E-state index is 12.9. The first-order valence-corrected chi connectivity index (χ1v) is 33.1. The van der Waals surface area contributed by atoms with E-state index in [1.807, 2.05) is 6.08 Å². The van der Waals surface area contributed by atoms with E-state index in [2.05, 4.69) is 93.7 Å². The number of unbranched alkanes of at least 4 members (excludes halogenated alkanes) is 36. The van der Waals surface area contributed by atoms with Crippen LogP contribution in [0.3, 0.4) is 0 Å². The third-order valence-electron chi connectivity index (χ3n) is 14.4. The van der Waals surface area contributed by atoms with Gasteiger partial charge >= 0.3 is 17.9 Å². The second-order valence-electron chi connectivity index (χ2n) is 22.0. The number of hydrogen-bond acceptors (Lipinski definition) is 6. The van der Waals surface area contributed by atoms with Crippen LogP contribution < -0.4 is 0 Å². The van der Waals surface area contributed by atoms with Crippen molar-refractivity contribution in [3.63, 3.8) is 0 Å². The minimum absolute atomic E-state index is 0.106. The molecule has 0 fully saturated rings. The average Bonchev–Trinajstić information content (AvgIpc) is 3.43. The molecule has 77 heavy (non-hydrogen) atoms. The largest absolute Gasteiger partial charge is 0.462 e. The Labute approximate surface area is 477 Å². The molecule has 0 aliphatic carbocycles. The highest BCUT2D eigenvalue weighted by Gasteiger charge is 2.19. The molecule has 0 amide bonds. The lowest BCUT2D eigenvalue weighted by atomic mass is 10.0. The molecule has 0 spiro atoms. The van der Waals surface area contributed by atoms with Crippen LogP contribution >= 0.6 is 0 Å². The van der Waals surface area contributed by atoms with Crippen LogP contribution in [0.25, 0.3) is 0 Å². The van der Waals surface area contributed by atoms with Gasteiger partial charge in [0.1, 0.15) is 13.2 Å². The smallest absolute Gasteiger partial charge is 0.309 e. The normalized spacial score (nSPS) is 12.6. The molecule has 0 N–H and O–H groups in total. The Morgan fingerprint density at radius 1 is 0.286 bits per heavy atom. The van der Waals surface area contributed by atoms with E-state index in [1.165, 1.54) is 218 Å². The van der Waals surface area contributed by atoms with Crippen molar-refractivity contribution in [2.24, 2.45) is 0 Å². The van der Waals surface area contributed by atoms with Crippen LogP contribution in [0.1, 0.15) is 329 Å². The van der Waals surface area contributed by atoms with Gasteiger partial charge in [-0.15, -0.1) is 0 Å². The van der Waals surface area contributed by atoms with Crippen molar-refractivity contribution in [3.8, 4) is 0 Å². The van der Waals surface area contributed by atoms with Gasteiger partial charge < -0.3 is 14.2 Å². The van der Waals surface area contributed by atoms with E-state index < -0.39 is 12.1 Å². The Morgan fingerprint density at radius 3 is 0.896 bits per heavy atom. The molecule has 1 unspecified atom stereocenters. The van der Waals surface area contributed by atoms with E-state index in [1.54, 1.807) is 6.08 Å². The van der Waals surface area contributed by atoms with E-state index in [4.69, 9.17) is 14.2 Å². The highest BCUT2D eigenvalue weighted by Crippen LogP contribution is 2.17. The lowest BCUT2D eigenvalue weighted by molar-refractivity contribution is -0.166. The molecule has 1 atom stereocenters. The topological polar surface area (TPSA) is 78.9 Å². The van der Waals surface area contributed by atoms with Gasteiger partial charge in [-0.2, -0.15) is 0 Å². The fourth-order valence-electron chi connectivity index (χ4n) is 9.45. The summed E-state index contributed by atoms with van der Waals surface area (Å²) in [6, 6.07) is 0. The number of allylic oxidation sites excluding steroid dienone is 13. The number of esters is 3. The zero-order valence-electron chi connectivity index (χ0n) is 51.0. The molecule has 0 saturated carbocycles. The number of hydrogen-bond donors (Lipinski definition) is 0. The zero-order valence-corrected chi connectivity index (χ0v) is 51.0. The van der Waals surface area contributed by atoms with Crippen molar-refractivity contribution in [1.29, 1.82) is 0 Å². The molecule has 0 rings (SSSR count). The third kappa shape index (κ3) is 63.3. The fourth-order valence-corrected chi connectivity index (χ4v) is 9.45. The van der Waals surface area contributed by atoms with Crippen molar-refractivity contribution in [1.82, 2.24) is 0 Å². The lowest BCUT2D eigenvalue weighted by Gasteiger charge is -2.18. The number of carbonyl (C=O) groups is 3. The maximum absolute atomic E-state index is 12.9. The average molecular weight is 1070 g/mol. The number of ether oxygens (including phenoxy) is 3. The van der Waals surface area contributed by atoms with E-state index >= 15 is 0 Å². The van der Waals surface area contributed by atoms with E-state index in [0.29, 0.717) is 12.8 Å². The predicted molar refractivity (Wildman–Crippen MR) is 334 cm³/mol. The summed E-state index contributed by atoms with van der Waals surface area (Å²) in [5.74, 6) is -1.03. The number of carbonyl (C=O) groups excluding carboxylic acids is 3. The monoisotopic (exact) mass is 1070 g/mol. The van der Waals surface area contributed by atoms with Gasteiger partial charge in [0.25, 0.3) is 0 Å². The van der Waals surface area contributed by atoms with Crippen LogP contribution in [0.4, 0.5) is 0 Å². The van der Waals surface area contributed by atoms with Crippen LogP contribution in [0.2, 0.25) is 0 Å². The van der Waals surface area contributed by atoms with Gasteiger partial charge in [0.15, 0.2) is 6.10 Å². The molecule has 0 aromatic carbocycles. The molecule has 0 aliphatic heterocycles. The summed E-state index contributed by atoms with van der Waals surface area (Å²) in [7, 11) is 0. The highest BCUT2D eigenvalue weighted by atomic mass is 16.6. The molecule has 0 aromatic rings. The summed E-state index contributed by atoms with van der Waals surface area (Å²) >= 11 is 0. The molecule has 6 nitrogen and oxygen atoms in total. The summed E-state index contributed by atoms with van der Waals surface area (Å²) in [6.45, 7) is 6.48. The SMILES string of the molecule is CC/C=C\C/C=C\C/C=C\C/C=C\C/C=C\CC(=O)OCC(COC(=O)CCCCCCCCCCCCC/C=C\CCCCCCCCCC)OC(=O)CCCCCCCCCCC/C=C\CCCCCCCCCC. The minimum atomic E-state index is -0.819. The molecular weight excluding hydrogens is 949 g/mol. The first-order chi connectivity index (χ1) is 38.0. The standard InChI is InChI=1S/C71H124O6/c1-4-7-10-13-16-19-22-25-28-30-32-34-35-37-38-40-43-46-49-52-55-58-61-64-70(73)76-67-68(66-75-69(72)63-60-57-54-51-48-45-42-27-24-21-18-15-12-9-6-3)77-71(74)65-62-59-56-53-50-47-44-41-39-36-33-31-29-26-23-20-17-14-11-8-5-2/h9,12,18,21,27,30-33,42,48,51,57,60,68H,4-8,10-11,13-17,19-20,22-26,28-29,34-41,43-47,49-50,52-56,58-59,61-67H2,1-3H3/b12-9-,21-18-,32-30-,33-31-,42-27-,51-48-,60-57-. The van der Waals surface area contributed by atoms with Gasteiger partial charge in [-0.25, -0.2) is 0 Å². The molecule has 6 heteroatoms. The van der Waals surface area contributed by atoms with Crippen LogP contribution in [0.15, 0.2) is 85.1 Å². The van der Waals surface area contributed by atoms with Crippen molar-refractivity contribution in [3.05, 3.63) is 85.1 Å². The van der Waals surface area contributed by atoms with Crippen molar-refractivity contribution >= 4 is 17.9 Å². The van der Waals surface area contributed by atoms with E-state index in [-0.39, 0.29) is 31.6 Å². The summed E-state index contributed by atoms with van der Waals surface area (Å²) < 4.78 is 16.8. The Morgan fingerprint density at radius 2 is 0.558 bits per heavy atom. The van der Waals surface area contributed by atoms with E-state index in [9.17, 15) is 14.4 Å². The van der Waals surface area contributed by atoms with Crippen molar-refractivity contribution in [2.45, 2.75) is 335 Å². The van der Waals surface area contributed by atoms with Gasteiger partial charge in [0, 0.05) is 12.8 Å². The Balaban J connectivity index is 4.39. The molecular formula is C71H124O6. The Kier molecular flexibility index (Phi) is 62.2. The summed E-state index contributed by atoms with van der Waals surface area (Å²) in [5.41, 5.74) is 0. The van der Waals surface area contributed by atoms with Crippen LogP contribution in [0, 0.1) is 0 Å². The molecule has 0 radical (unpaired) electrons. The molecule has 0 bridgehead atoms. The number of rotatable bonds is 60. The molecule has 0 heterocycles. The van der Waals surface area contributed by atoms with Crippen molar-refractivity contribution in [2.75, 3.05) is 13.2 Å². The molecule has 0 saturated heterocycles. The first kappa shape index (κ1) is 73.6.